The predicted octanol–water partition coefficient (Wildman–Crippen LogP) is 1.58. The monoisotopic (exact) mass is 431 g/mol. The number of likely N-dealkylation sites (tertiary alicyclic amines) is 1. The summed E-state index contributed by atoms with van der Waals surface area (Å²) in [6.45, 7) is 9.72. The highest BCUT2D eigenvalue weighted by Crippen LogP contribution is 2.15. The fourth-order valence-corrected chi connectivity index (χ4v) is 4.68. The maximum atomic E-state index is 12.8. The highest BCUT2D eigenvalue weighted by molar-refractivity contribution is 5.82. The van der Waals surface area contributed by atoms with Crippen molar-refractivity contribution in [3.05, 3.63) is 24.2 Å². The molecule has 1 amide bonds. The molecule has 8 nitrogen and oxygen atoms in total. The highest BCUT2D eigenvalue weighted by Gasteiger charge is 2.30. The van der Waals surface area contributed by atoms with E-state index in [4.69, 9.17) is 14.1 Å². The summed E-state index contributed by atoms with van der Waals surface area (Å²) in [5.41, 5.74) is 0. The third-order valence-electron chi connectivity index (χ3n) is 6.64. The van der Waals surface area contributed by atoms with Gasteiger partial charge in [0.05, 0.1) is 25.0 Å². The summed E-state index contributed by atoms with van der Waals surface area (Å²) in [5.74, 6) is 2.21. The van der Waals surface area contributed by atoms with Gasteiger partial charge in [-0.2, -0.15) is 0 Å². The van der Waals surface area contributed by atoms with Crippen molar-refractivity contribution >= 4 is 11.9 Å². The van der Waals surface area contributed by atoms with Crippen LogP contribution in [0.3, 0.4) is 0 Å². The van der Waals surface area contributed by atoms with Gasteiger partial charge >= 0.3 is 0 Å². The Balaban J connectivity index is 1.30. The normalized spacial score (nSPS) is 24.0. The van der Waals surface area contributed by atoms with Crippen LogP contribution in [0.5, 0.6) is 0 Å². The molecule has 1 aromatic rings. The van der Waals surface area contributed by atoms with Crippen LogP contribution in [0, 0.1) is 0 Å². The van der Waals surface area contributed by atoms with Crippen LogP contribution in [0.25, 0.3) is 0 Å². The van der Waals surface area contributed by atoms with Crippen LogP contribution in [-0.4, -0.2) is 97.7 Å². The lowest BCUT2D eigenvalue weighted by Crippen LogP contribution is -2.57. The van der Waals surface area contributed by atoms with Gasteiger partial charge in [0.1, 0.15) is 5.76 Å². The van der Waals surface area contributed by atoms with Crippen molar-refractivity contribution in [3.63, 3.8) is 0 Å². The van der Waals surface area contributed by atoms with Gasteiger partial charge < -0.3 is 24.3 Å². The van der Waals surface area contributed by atoms with Gasteiger partial charge in [-0.3, -0.25) is 14.7 Å². The van der Waals surface area contributed by atoms with E-state index >= 15 is 0 Å². The zero-order chi connectivity index (χ0) is 21.5. The number of hydrogen-bond acceptors (Lipinski definition) is 5. The van der Waals surface area contributed by atoms with Crippen LogP contribution in [0.1, 0.15) is 38.4 Å². The van der Waals surface area contributed by atoms with Crippen molar-refractivity contribution in [3.8, 4) is 0 Å². The fourth-order valence-electron chi connectivity index (χ4n) is 4.68. The van der Waals surface area contributed by atoms with Crippen LogP contribution in [0.4, 0.5) is 0 Å². The van der Waals surface area contributed by atoms with E-state index in [0.29, 0.717) is 6.54 Å². The van der Waals surface area contributed by atoms with Crippen molar-refractivity contribution in [1.82, 2.24) is 20.0 Å². The second-order valence-electron chi connectivity index (χ2n) is 8.79. The lowest BCUT2D eigenvalue weighted by atomic mass is 10.2. The number of nitrogens with zero attached hydrogens (tertiary/aromatic N) is 4. The Morgan fingerprint density at radius 2 is 1.97 bits per heavy atom. The quantitative estimate of drug-likeness (QED) is 0.522. The predicted molar refractivity (Wildman–Crippen MR) is 120 cm³/mol. The second-order valence-corrected chi connectivity index (χ2v) is 8.79. The third kappa shape index (κ3) is 6.01. The molecule has 3 saturated heterocycles. The average Bonchev–Trinajstić information content (AvgIpc) is 3.58. The SMILES string of the molecule is CC(C(=O)N1CCCC1)N1CCN(C(=NCC2CCCO2)NCCc2ccco2)CC1. The Labute approximate surface area is 185 Å². The minimum Gasteiger partial charge on any atom is -0.469 e. The molecule has 0 bridgehead atoms. The third-order valence-corrected chi connectivity index (χ3v) is 6.64. The number of ether oxygens (including phenoxy) is 1. The smallest absolute Gasteiger partial charge is 0.239 e. The van der Waals surface area contributed by atoms with E-state index in [1.54, 1.807) is 6.26 Å². The molecule has 2 unspecified atom stereocenters. The lowest BCUT2D eigenvalue weighted by Gasteiger charge is -2.39. The van der Waals surface area contributed by atoms with E-state index in [0.717, 1.165) is 96.2 Å². The summed E-state index contributed by atoms with van der Waals surface area (Å²) >= 11 is 0. The average molecular weight is 432 g/mol. The molecule has 172 valence electrons. The largest absolute Gasteiger partial charge is 0.469 e. The van der Waals surface area contributed by atoms with Crippen molar-refractivity contribution in [1.29, 1.82) is 0 Å². The Hall–Kier alpha value is -2.06. The maximum Gasteiger partial charge on any atom is 0.239 e. The summed E-state index contributed by atoms with van der Waals surface area (Å²) in [4.78, 5) is 24.3. The van der Waals surface area contributed by atoms with Crippen molar-refractivity contribution < 1.29 is 13.9 Å². The van der Waals surface area contributed by atoms with Gasteiger partial charge in [-0.15, -0.1) is 0 Å². The molecule has 0 radical (unpaired) electrons. The minimum atomic E-state index is -0.0422. The number of carbonyl (C=O) groups excluding carboxylic acids is 1. The first kappa shape index (κ1) is 22.1. The number of nitrogens with one attached hydrogen (secondary N) is 1. The molecule has 3 fully saturated rings. The summed E-state index contributed by atoms with van der Waals surface area (Å²) in [7, 11) is 0. The number of guanidine groups is 1. The molecular formula is C23H37N5O3. The van der Waals surface area contributed by atoms with Gasteiger partial charge in [0.15, 0.2) is 5.96 Å². The van der Waals surface area contributed by atoms with Gasteiger partial charge in [0.25, 0.3) is 0 Å². The van der Waals surface area contributed by atoms with E-state index in [9.17, 15) is 4.79 Å². The molecule has 4 rings (SSSR count). The van der Waals surface area contributed by atoms with E-state index < -0.39 is 0 Å². The summed E-state index contributed by atoms with van der Waals surface area (Å²) < 4.78 is 11.2. The minimum absolute atomic E-state index is 0.0422. The van der Waals surface area contributed by atoms with Crippen LogP contribution in [-0.2, 0) is 16.0 Å². The molecule has 3 aliphatic rings. The zero-order valence-corrected chi connectivity index (χ0v) is 18.8. The number of amides is 1. The number of hydrogen-bond donors (Lipinski definition) is 1. The number of rotatable bonds is 7. The molecule has 2 atom stereocenters. The Morgan fingerprint density at radius 3 is 2.65 bits per heavy atom. The van der Waals surface area contributed by atoms with Crippen molar-refractivity contribution in [2.75, 3.05) is 59.0 Å². The van der Waals surface area contributed by atoms with Gasteiger partial charge in [-0.05, 0) is 44.7 Å². The molecule has 1 N–H and O–H groups in total. The van der Waals surface area contributed by atoms with Gasteiger partial charge in [-0.25, -0.2) is 0 Å². The summed E-state index contributed by atoms with van der Waals surface area (Å²) in [6.07, 6.45) is 7.27. The molecule has 1 aromatic heterocycles. The number of piperazine rings is 1. The second kappa shape index (κ2) is 11.0. The maximum absolute atomic E-state index is 12.8. The molecule has 8 heteroatoms. The fraction of sp³-hybridized carbons (Fsp3) is 0.739. The Kier molecular flexibility index (Phi) is 7.86. The topological polar surface area (TPSA) is 73.6 Å². The molecule has 4 heterocycles. The molecule has 0 spiro atoms. The first-order chi connectivity index (χ1) is 15.2. The molecule has 3 aliphatic heterocycles. The van der Waals surface area contributed by atoms with Crippen LogP contribution < -0.4 is 5.32 Å². The van der Waals surface area contributed by atoms with E-state index in [1.165, 1.54) is 0 Å². The van der Waals surface area contributed by atoms with Crippen molar-refractivity contribution in [2.45, 2.75) is 51.2 Å². The number of furan rings is 1. The lowest BCUT2D eigenvalue weighted by molar-refractivity contribution is -0.135. The van der Waals surface area contributed by atoms with Crippen molar-refractivity contribution in [2.24, 2.45) is 4.99 Å². The summed E-state index contributed by atoms with van der Waals surface area (Å²) in [6, 6.07) is 3.88. The van der Waals surface area contributed by atoms with E-state index in [-0.39, 0.29) is 18.1 Å². The number of carbonyl (C=O) groups is 1. The molecule has 0 aromatic carbocycles. The first-order valence-electron chi connectivity index (χ1n) is 11.9. The van der Waals surface area contributed by atoms with Gasteiger partial charge in [0, 0.05) is 58.8 Å². The highest BCUT2D eigenvalue weighted by atomic mass is 16.5. The van der Waals surface area contributed by atoms with Crippen LogP contribution in [0.2, 0.25) is 0 Å². The molecular weight excluding hydrogens is 394 g/mol. The number of aliphatic imine (C=N–C) groups is 1. The van der Waals surface area contributed by atoms with E-state index in [1.807, 2.05) is 17.0 Å². The standard InChI is InChI=1S/C23H37N5O3/c1-19(22(29)27-10-2-3-11-27)26-12-14-28(15-13-26)23(25-18-21-7-5-17-31-21)24-9-8-20-6-4-16-30-20/h4,6,16,19,21H,2-3,5,7-15,17-18H2,1H3,(H,24,25). The Bertz CT molecular complexity index is 703. The van der Waals surface area contributed by atoms with Gasteiger partial charge in [0.2, 0.25) is 5.91 Å². The van der Waals surface area contributed by atoms with E-state index in [2.05, 4.69) is 22.0 Å². The first-order valence-corrected chi connectivity index (χ1v) is 11.9. The summed E-state index contributed by atoms with van der Waals surface area (Å²) in [5, 5.41) is 3.53. The Morgan fingerprint density at radius 1 is 1.16 bits per heavy atom. The van der Waals surface area contributed by atoms with Crippen LogP contribution in [0.15, 0.2) is 27.8 Å². The molecule has 0 aliphatic carbocycles. The molecule has 31 heavy (non-hydrogen) atoms. The van der Waals surface area contributed by atoms with Crippen LogP contribution >= 0.6 is 0 Å². The zero-order valence-electron chi connectivity index (χ0n) is 18.8. The van der Waals surface area contributed by atoms with Gasteiger partial charge in [-0.1, -0.05) is 0 Å². The molecule has 0 saturated carbocycles.